The Kier molecular flexibility index (Phi) is 4.68. The second-order valence-electron chi connectivity index (χ2n) is 7.61. The number of aromatic nitrogens is 3. The van der Waals surface area contributed by atoms with Gasteiger partial charge >= 0.3 is 0 Å². The van der Waals surface area contributed by atoms with Gasteiger partial charge in [0.2, 0.25) is 0 Å². The van der Waals surface area contributed by atoms with Crippen LogP contribution in [0.15, 0.2) is 54.4 Å². The molecule has 2 aliphatic heterocycles. The first-order chi connectivity index (χ1) is 14.3. The number of anilines is 1. The van der Waals surface area contributed by atoms with E-state index in [0.717, 1.165) is 54.5 Å². The maximum Gasteiger partial charge on any atom is 0.132 e. The van der Waals surface area contributed by atoms with Crippen LogP contribution in [0, 0.1) is 0 Å². The maximum absolute atomic E-state index is 5.89. The third-order valence-electron chi connectivity index (χ3n) is 5.70. The predicted molar refractivity (Wildman–Crippen MR) is 112 cm³/mol. The fourth-order valence-electron chi connectivity index (χ4n) is 4.08. The first-order valence-corrected chi connectivity index (χ1v) is 9.99. The standard InChI is InChI=1S/C23H24N4O2/c1-28-21-6-7-22-19(11-21)9-16(14-29-22)12-24-20-4-2-3-17(10-20)18-5-8-23-26-25-15-27(23)13-18/h2-4,6-7,9-11,15,18,24H,5,8,12-14H2,1H3. The third-order valence-corrected chi connectivity index (χ3v) is 5.70. The number of ether oxygens (including phenoxy) is 2. The van der Waals surface area contributed by atoms with Crippen molar-refractivity contribution in [2.24, 2.45) is 0 Å². The normalized spacial score (nSPS) is 17.6. The van der Waals surface area contributed by atoms with Gasteiger partial charge in [-0.25, -0.2) is 0 Å². The number of benzene rings is 2. The molecule has 0 saturated carbocycles. The third kappa shape index (κ3) is 3.70. The van der Waals surface area contributed by atoms with Gasteiger partial charge in [-0.3, -0.25) is 0 Å². The maximum atomic E-state index is 5.89. The van der Waals surface area contributed by atoms with E-state index >= 15 is 0 Å². The van der Waals surface area contributed by atoms with Crippen molar-refractivity contribution in [2.45, 2.75) is 25.3 Å². The topological polar surface area (TPSA) is 61.2 Å². The molecule has 0 fully saturated rings. The molecule has 0 saturated heterocycles. The molecule has 3 aromatic rings. The van der Waals surface area contributed by atoms with Gasteiger partial charge in [0.25, 0.3) is 0 Å². The summed E-state index contributed by atoms with van der Waals surface area (Å²) in [6.07, 6.45) is 6.12. The summed E-state index contributed by atoms with van der Waals surface area (Å²) in [6, 6.07) is 14.6. The minimum atomic E-state index is 0.497. The molecule has 29 heavy (non-hydrogen) atoms. The van der Waals surface area contributed by atoms with E-state index in [-0.39, 0.29) is 0 Å². The molecule has 1 N–H and O–H groups in total. The van der Waals surface area contributed by atoms with Crippen molar-refractivity contribution < 1.29 is 9.47 Å². The van der Waals surface area contributed by atoms with E-state index in [4.69, 9.17) is 9.47 Å². The van der Waals surface area contributed by atoms with Crippen LogP contribution in [-0.2, 0) is 13.0 Å². The summed E-state index contributed by atoms with van der Waals surface area (Å²) in [7, 11) is 1.68. The van der Waals surface area contributed by atoms with Crippen LogP contribution in [0.4, 0.5) is 5.69 Å². The Morgan fingerprint density at radius 3 is 3.14 bits per heavy atom. The van der Waals surface area contributed by atoms with Crippen LogP contribution in [0.2, 0.25) is 0 Å². The second-order valence-corrected chi connectivity index (χ2v) is 7.61. The van der Waals surface area contributed by atoms with Gasteiger partial charge < -0.3 is 19.4 Å². The number of rotatable bonds is 5. The molecular formula is C23H24N4O2. The highest BCUT2D eigenvalue weighted by Crippen LogP contribution is 2.31. The van der Waals surface area contributed by atoms with Crippen LogP contribution in [-0.4, -0.2) is 35.0 Å². The molecule has 3 heterocycles. The molecule has 2 aliphatic rings. The Labute approximate surface area is 170 Å². The van der Waals surface area contributed by atoms with E-state index in [1.807, 2.05) is 24.5 Å². The number of fused-ring (bicyclic) bond motifs is 2. The van der Waals surface area contributed by atoms with E-state index in [1.54, 1.807) is 7.11 Å². The molecule has 1 aromatic heterocycles. The number of hydrogen-bond acceptors (Lipinski definition) is 5. The van der Waals surface area contributed by atoms with Gasteiger partial charge in [0.15, 0.2) is 0 Å². The highest BCUT2D eigenvalue weighted by atomic mass is 16.5. The molecule has 6 nitrogen and oxygen atoms in total. The molecule has 148 valence electrons. The summed E-state index contributed by atoms with van der Waals surface area (Å²) in [5.41, 5.74) is 4.77. The highest BCUT2D eigenvalue weighted by molar-refractivity contribution is 5.65. The zero-order valence-electron chi connectivity index (χ0n) is 16.5. The number of methoxy groups -OCH3 is 1. The molecular weight excluding hydrogens is 364 g/mol. The highest BCUT2D eigenvalue weighted by Gasteiger charge is 2.21. The Morgan fingerprint density at radius 2 is 2.21 bits per heavy atom. The van der Waals surface area contributed by atoms with Crippen molar-refractivity contribution in [3.63, 3.8) is 0 Å². The smallest absolute Gasteiger partial charge is 0.132 e. The fraction of sp³-hybridized carbons (Fsp3) is 0.304. The number of nitrogens with one attached hydrogen (secondary N) is 1. The number of hydrogen-bond donors (Lipinski definition) is 1. The van der Waals surface area contributed by atoms with Crippen molar-refractivity contribution in [3.05, 3.63) is 71.3 Å². The molecule has 0 amide bonds. The minimum absolute atomic E-state index is 0.497. The lowest BCUT2D eigenvalue weighted by atomic mass is 9.91. The molecule has 6 heteroatoms. The van der Waals surface area contributed by atoms with Crippen molar-refractivity contribution in [1.29, 1.82) is 0 Å². The Balaban J connectivity index is 1.27. The summed E-state index contributed by atoms with van der Waals surface area (Å²) in [6.45, 7) is 2.30. The molecule has 1 unspecified atom stereocenters. The van der Waals surface area contributed by atoms with Crippen molar-refractivity contribution in [1.82, 2.24) is 14.8 Å². The molecule has 1 atom stereocenters. The van der Waals surface area contributed by atoms with Crippen LogP contribution in [0.5, 0.6) is 11.5 Å². The summed E-state index contributed by atoms with van der Waals surface area (Å²) >= 11 is 0. The first-order valence-electron chi connectivity index (χ1n) is 9.99. The monoisotopic (exact) mass is 388 g/mol. The molecule has 2 aromatic carbocycles. The number of nitrogens with zero attached hydrogens (tertiary/aromatic N) is 3. The van der Waals surface area contributed by atoms with Crippen molar-refractivity contribution in [2.75, 3.05) is 25.6 Å². The fourth-order valence-corrected chi connectivity index (χ4v) is 4.08. The molecule has 5 rings (SSSR count). The first kappa shape index (κ1) is 17.8. The zero-order chi connectivity index (χ0) is 19.6. The largest absolute Gasteiger partial charge is 0.497 e. The minimum Gasteiger partial charge on any atom is -0.497 e. The SMILES string of the molecule is COc1ccc2c(c1)C=C(CNc1cccc(C3CCc4nncn4C3)c1)CO2. The van der Waals surface area contributed by atoms with Crippen LogP contribution >= 0.6 is 0 Å². The van der Waals surface area contributed by atoms with Crippen molar-refractivity contribution >= 4 is 11.8 Å². The molecule has 0 bridgehead atoms. The van der Waals surface area contributed by atoms with Gasteiger partial charge in [-0.2, -0.15) is 0 Å². The zero-order valence-corrected chi connectivity index (χ0v) is 16.5. The van der Waals surface area contributed by atoms with Crippen LogP contribution in [0.3, 0.4) is 0 Å². The van der Waals surface area contributed by atoms with E-state index in [9.17, 15) is 0 Å². The van der Waals surface area contributed by atoms with Crippen LogP contribution in [0.1, 0.15) is 29.3 Å². The Bertz CT molecular complexity index is 1060. The van der Waals surface area contributed by atoms with Crippen molar-refractivity contribution in [3.8, 4) is 11.5 Å². The average molecular weight is 388 g/mol. The van der Waals surface area contributed by atoms with Gasteiger partial charge in [0.05, 0.1) is 7.11 Å². The lowest BCUT2D eigenvalue weighted by molar-refractivity contribution is 0.344. The number of aryl methyl sites for hydroxylation is 1. The molecule has 0 aliphatic carbocycles. The lowest BCUT2D eigenvalue weighted by Gasteiger charge is -2.24. The summed E-state index contributed by atoms with van der Waals surface area (Å²) < 4.78 is 13.4. The van der Waals surface area contributed by atoms with Gasteiger partial charge in [-0.05, 0) is 54.0 Å². The Morgan fingerprint density at radius 1 is 1.24 bits per heavy atom. The summed E-state index contributed by atoms with van der Waals surface area (Å²) in [5.74, 6) is 3.34. The summed E-state index contributed by atoms with van der Waals surface area (Å²) in [5, 5.41) is 11.8. The average Bonchev–Trinajstić information content (AvgIpc) is 3.25. The van der Waals surface area contributed by atoms with Gasteiger partial charge in [-0.1, -0.05) is 12.1 Å². The van der Waals surface area contributed by atoms with Crippen LogP contribution < -0.4 is 14.8 Å². The van der Waals surface area contributed by atoms with E-state index in [1.165, 1.54) is 11.1 Å². The summed E-state index contributed by atoms with van der Waals surface area (Å²) in [4.78, 5) is 0. The quantitative estimate of drug-likeness (QED) is 0.718. The van der Waals surface area contributed by atoms with Crippen LogP contribution in [0.25, 0.3) is 6.08 Å². The molecule has 0 radical (unpaired) electrons. The van der Waals surface area contributed by atoms with E-state index in [0.29, 0.717) is 12.5 Å². The second kappa shape index (κ2) is 7.62. The predicted octanol–water partition coefficient (Wildman–Crippen LogP) is 3.90. The van der Waals surface area contributed by atoms with Gasteiger partial charge in [0.1, 0.15) is 30.3 Å². The van der Waals surface area contributed by atoms with E-state index < -0.39 is 0 Å². The van der Waals surface area contributed by atoms with Gasteiger partial charge in [0, 0.05) is 36.7 Å². The lowest BCUT2D eigenvalue weighted by Crippen LogP contribution is -2.19. The van der Waals surface area contributed by atoms with E-state index in [2.05, 4.69) is 50.4 Å². The van der Waals surface area contributed by atoms with Gasteiger partial charge in [-0.15, -0.1) is 10.2 Å². The molecule has 0 spiro atoms. The Hall–Kier alpha value is -3.28.